The zero-order valence-corrected chi connectivity index (χ0v) is 12.8. The highest BCUT2D eigenvalue weighted by Gasteiger charge is 2.08. The second-order valence-electron chi connectivity index (χ2n) is 4.70. The monoisotopic (exact) mass is 308 g/mol. The number of alkyl halides is 1. The summed E-state index contributed by atoms with van der Waals surface area (Å²) in [4.78, 5) is 5.98. The first-order valence-corrected chi connectivity index (χ1v) is 7.83. The van der Waals surface area contributed by atoms with Gasteiger partial charge in [0.05, 0.1) is 0 Å². The summed E-state index contributed by atoms with van der Waals surface area (Å²) in [5.41, 5.74) is 2.55. The molecule has 0 unspecified atom stereocenters. The zero-order valence-electron chi connectivity index (χ0n) is 11.2. The third-order valence-electron chi connectivity index (χ3n) is 3.15. The van der Waals surface area contributed by atoms with Crippen LogP contribution in [0.1, 0.15) is 32.3 Å². The molecule has 2 nitrogen and oxygen atoms in total. The van der Waals surface area contributed by atoms with E-state index in [-0.39, 0.29) is 0 Å². The lowest BCUT2D eigenvalue weighted by atomic mass is 10.2. The minimum atomic E-state index is 0.908. The van der Waals surface area contributed by atoms with Gasteiger partial charge in [0.1, 0.15) is 5.82 Å². The number of aromatic nitrogens is 1. The molecule has 0 fully saturated rings. The van der Waals surface area contributed by atoms with Crippen LogP contribution in [0.2, 0.25) is 0 Å². The summed E-state index contributed by atoms with van der Waals surface area (Å²) >= 11 is 3.50. The van der Waals surface area contributed by atoms with E-state index < -0.39 is 0 Å². The van der Waals surface area contributed by atoms with Gasteiger partial charge in [-0.3, -0.25) is 0 Å². The van der Waals surface area contributed by atoms with E-state index in [1.807, 2.05) is 0 Å². The Labute approximate surface area is 118 Å². The van der Waals surface area contributed by atoms with Crippen molar-refractivity contribution in [1.29, 1.82) is 0 Å². The van der Waals surface area contributed by atoms with Crippen LogP contribution in [0.3, 0.4) is 0 Å². The van der Waals surface area contributed by atoms with Crippen molar-refractivity contribution in [3.8, 4) is 0 Å². The van der Waals surface area contributed by atoms with Crippen LogP contribution in [0.15, 0.2) is 24.3 Å². The summed E-state index contributed by atoms with van der Waals surface area (Å²) in [6.45, 7) is 6.69. The number of hydrogen-bond donors (Lipinski definition) is 1. The van der Waals surface area contributed by atoms with Gasteiger partial charge < -0.3 is 9.88 Å². The lowest BCUT2D eigenvalue weighted by Crippen LogP contribution is -2.24. The molecule has 0 bridgehead atoms. The van der Waals surface area contributed by atoms with Crippen LogP contribution < -0.4 is 4.90 Å². The molecule has 0 radical (unpaired) electrons. The van der Waals surface area contributed by atoms with Gasteiger partial charge in [0.25, 0.3) is 0 Å². The summed E-state index contributed by atoms with van der Waals surface area (Å²) < 4.78 is 0. The fourth-order valence-electron chi connectivity index (χ4n) is 2.30. The van der Waals surface area contributed by atoms with E-state index in [0.717, 1.165) is 18.4 Å². The lowest BCUT2D eigenvalue weighted by Gasteiger charge is -2.21. The molecule has 1 aromatic carbocycles. The van der Waals surface area contributed by atoms with Crippen LogP contribution in [-0.2, 0) is 5.33 Å². The summed E-state index contributed by atoms with van der Waals surface area (Å²) in [6.07, 6.45) is 2.37. The highest BCUT2D eigenvalue weighted by molar-refractivity contribution is 9.08. The van der Waals surface area contributed by atoms with Crippen molar-refractivity contribution in [3.05, 3.63) is 29.8 Å². The Kier molecular flexibility index (Phi) is 4.70. The quantitative estimate of drug-likeness (QED) is 0.767. The smallest absolute Gasteiger partial charge is 0.106 e. The molecule has 98 valence electrons. The third-order valence-corrected chi connectivity index (χ3v) is 3.80. The van der Waals surface area contributed by atoms with Gasteiger partial charge in [-0.25, -0.2) is 0 Å². The number of nitrogens with zero attached hydrogens (tertiary/aromatic N) is 1. The van der Waals surface area contributed by atoms with Gasteiger partial charge in [-0.05, 0) is 30.5 Å². The number of rotatable bonds is 6. The Morgan fingerprint density at radius 2 is 1.83 bits per heavy atom. The second kappa shape index (κ2) is 6.28. The van der Waals surface area contributed by atoms with E-state index in [4.69, 9.17) is 0 Å². The number of fused-ring (bicyclic) bond motifs is 1. The van der Waals surface area contributed by atoms with Gasteiger partial charge in [0.15, 0.2) is 0 Å². The molecule has 0 spiro atoms. The fourth-order valence-corrected chi connectivity index (χ4v) is 2.65. The van der Waals surface area contributed by atoms with E-state index in [2.05, 4.69) is 63.9 Å². The SMILES string of the molecule is CCCN(CCC)c1cc2ccc(CBr)cc2[nH]1. The number of H-pyrrole nitrogens is 1. The van der Waals surface area contributed by atoms with Crippen molar-refractivity contribution in [2.24, 2.45) is 0 Å². The van der Waals surface area contributed by atoms with Crippen LogP contribution in [0.4, 0.5) is 5.82 Å². The topological polar surface area (TPSA) is 19.0 Å². The first kappa shape index (κ1) is 13.5. The summed E-state index contributed by atoms with van der Waals surface area (Å²) in [7, 11) is 0. The molecule has 0 aliphatic rings. The van der Waals surface area contributed by atoms with Crippen LogP contribution in [0, 0.1) is 0 Å². The molecule has 0 atom stereocenters. The molecule has 18 heavy (non-hydrogen) atoms. The van der Waals surface area contributed by atoms with E-state index in [1.165, 1.54) is 35.1 Å². The number of aromatic amines is 1. The van der Waals surface area contributed by atoms with Crippen LogP contribution in [0.25, 0.3) is 10.9 Å². The van der Waals surface area contributed by atoms with Gasteiger partial charge in [-0.15, -0.1) is 0 Å². The van der Waals surface area contributed by atoms with Gasteiger partial charge in [0, 0.05) is 29.3 Å². The molecule has 0 amide bonds. The zero-order chi connectivity index (χ0) is 13.0. The molecule has 0 aliphatic carbocycles. The average molecular weight is 309 g/mol. The molecule has 1 aromatic heterocycles. The Bertz CT molecular complexity index is 498. The second-order valence-corrected chi connectivity index (χ2v) is 5.26. The molecular formula is C15H21BrN2. The van der Waals surface area contributed by atoms with Gasteiger partial charge in [-0.1, -0.05) is 41.9 Å². The maximum atomic E-state index is 3.55. The van der Waals surface area contributed by atoms with Crippen molar-refractivity contribution in [1.82, 2.24) is 4.98 Å². The Morgan fingerprint density at radius 3 is 2.44 bits per heavy atom. The Morgan fingerprint density at radius 1 is 1.11 bits per heavy atom. The van der Waals surface area contributed by atoms with Crippen LogP contribution in [0.5, 0.6) is 0 Å². The highest BCUT2D eigenvalue weighted by Crippen LogP contribution is 2.24. The molecule has 2 aromatic rings. The predicted octanol–water partition coefficient (Wildman–Crippen LogP) is 4.69. The van der Waals surface area contributed by atoms with Crippen molar-refractivity contribution in [3.63, 3.8) is 0 Å². The number of hydrogen-bond acceptors (Lipinski definition) is 1. The predicted molar refractivity (Wildman–Crippen MR) is 83.7 cm³/mol. The van der Waals surface area contributed by atoms with E-state index >= 15 is 0 Å². The fraction of sp³-hybridized carbons (Fsp3) is 0.467. The maximum absolute atomic E-state index is 3.55. The van der Waals surface area contributed by atoms with Crippen molar-refractivity contribution in [2.45, 2.75) is 32.0 Å². The first-order valence-electron chi connectivity index (χ1n) is 6.71. The first-order chi connectivity index (χ1) is 8.78. The molecule has 0 saturated heterocycles. The van der Waals surface area contributed by atoms with Gasteiger partial charge in [-0.2, -0.15) is 0 Å². The van der Waals surface area contributed by atoms with Crippen LogP contribution in [-0.4, -0.2) is 18.1 Å². The summed E-state index contributed by atoms with van der Waals surface area (Å²) in [6, 6.07) is 8.86. The number of anilines is 1. The molecular weight excluding hydrogens is 288 g/mol. The van der Waals surface area contributed by atoms with Crippen LogP contribution >= 0.6 is 15.9 Å². The minimum Gasteiger partial charge on any atom is -0.358 e. The Balaban J connectivity index is 2.32. The van der Waals surface area contributed by atoms with Gasteiger partial charge >= 0.3 is 0 Å². The van der Waals surface area contributed by atoms with E-state index in [9.17, 15) is 0 Å². The highest BCUT2D eigenvalue weighted by atomic mass is 79.9. The number of benzene rings is 1. The van der Waals surface area contributed by atoms with Crippen molar-refractivity contribution in [2.75, 3.05) is 18.0 Å². The Hall–Kier alpha value is -0.960. The average Bonchev–Trinajstić information content (AvgIpc) is 2.81. The summed E-state index contributed by atoms with van der Waals surface area (Å²) in [5.74, 6) is 1.25. The normalized spacial score (nSPS) is 11.1. The molecule has 0 saturated carbocycles. The number of nitrogens with one attached hydrogen (secondary N) is 1. The summed E-state index contributed by atoms with van der Waals surface area (Å²) in [5, 5.41) is 2.21. The van der Waals surface area contributed by atoms with Crippen molar-refractivity contribution < 1.29 is 0 Å². The maximum Gasteiger partial charge on any atom is 0.106 e. The van der Waals surface area contributed by atoms with Gasteiger partial charge in [0.2, 0.25) is 0 Å². The molecule has 3 heteroatoms. The van der Waals surface area contributed by atoms with E-state index in [1.54, 1.807) is 0 Å². The standard InChI is InChI=1S/C15H21BrN2/c1-3-7-18(8-4-2)15-10-13-6-5-12(11-16)9-14(13)17-15/h5-6,9-10,17H,3-4,7-8,11H2,1-2H3. The largest absolute Gasteiger partial charge is 0.358 e. The minimum absolute atomic E-state index is 0.908. The third kappa shape index (κ3) is 2.89. The molecule has 1 heterocycles. The molecule has 1 N–H and O–H groups in total. The van der Waals surface area contributed by atoms with Crippen molar-refractivity contribution >= 4 is 32.7 Å². The molecule has 2 rings (SSSR count). The lowest BCUT2D eigenvalue weighted by molar-refractivity contribution is 0.737. The number of halogens is 1. The van der Waals surface area contributed by atoms with E-state index in [0.29, 0.717) is 0 Å². The molecule has 0 aliphatic heterocycles.